The van der Waals surface area contributed by atoms with E-state index in [9.17, 15) is 9.59 Å². The summed E-state index contributed by atoms with van der Waals surface area (Å²) in [5.74, 6) is -0.634. The molecule has 0 aliphatic carbocycles. The van der Waals surface area contributed by atoms with E-state index in [-0.39, 0.29) is 6.42 Å². The Morgan fingerprint density at radius 3 is 2.55 bits per heavy atom. The average molecular weight is 390 g/mol. The SMILES string of the molecule is COC(=O)c1ccc(Cc2cccc3ccc(/C=C/CC(=O)O)cc23)c(OC)c1. The van der Waals surface area contributed by atoms with Gasteiger partial charge in [-0.25, -0.2) is 4.79 Å². The van der Waals surface area contributed by atoms with Crippen LogP contribution in [0.2, 0.25) is 0 Å². The summed E-state index contributed by atoms with van der Waals surface area (Å²) in [5, 5.41) is 11.0. The van der Waals surface area contributed by atoms with Crippen molar-refractivity contribution in [1.29, 1.82) is 0 Å². The van der Waals surface area contributed by atoms with Gasteiger partial charge in [-0.05, 0) is 45.7 Å². The Hall–Kier alpha value is -3.60. The first kappa shape index (κ1) is 20.1. The highest BCUT2D eigenvalue weighted by molar-refractivity contribution is 5.90. The molecule has 0 heterocycles. The smallest absolute Gasteiger partial charge is 0.337 e. The monoisotopic (exact) mass is 390 g/mol. The lowest BCUT2D eigenvalue weighted by atomic mass is 9.96. The molecule has 0 atom stereocenters. The number of carbonyl (C=O) groups is 2. The van der Waals surface area contributed by atoms with Crippen molar-refractivity contribution in [3.05, 3.63) is 82.9 Å². The third-order valence-electron chi connectivity index (χ3n) is 4.69. The first-order valence-corrected chi connectivity index (χ1v) is 9.17. The summed E-state index contributed by atoms with van der Waals surface area (Å²) in [7, 11) is 2.93. The minimum Gasteiger partial charge on any atom is -0.496 e. The molecular weight excluding hydrogens is 368 g/mol. The van der Waals surface area contributed by atoms with Crippen LogP contribution < -0.4 is 4.74 Å². The second kappa shape index (κ2) is 9.06. The van der Waals surface area contributed by atoms with Gasteiger partial charge in [0.2, 0.25) is 0 Å². The molecule has 148 valence electrons. The molecule has 0 fully saturated rings. The first-order chi connectivity index (χ1) is 14.0. The molecule has 3 aromatic rings. The zero-order chi connectivity index (χ0) is 20.8. The lowest BCUT2D eigenvalue weighted by Crippen LogP contribution is -2.03. The van der Waals surface area contributed by atoms with Gasteiger partial charge < -0.3 is 14.6 Å². The van der Waals surface area contributed by atoms with Crippen LogP contribution in [0.1, 0.15) is 33.5 Å². The maximum atomic E-state index is 11.8. The first-order valence-electron chi connectivity index (χ1n) is 9.17. The number of carboxylic acids is 1. The molecule has 1 N–H and O–H groups in total. The lowest BCUT2D eigenvalue weighted by Gasteiger charge is -2.12. The van der Waals surface area contributed by atoms with Crippen LogP contribution in [0.25, 0.3) is 16.8 Å². The molecule has 0 saturated carbocycles. The van der Waals surface area contributed by atoms with Gasteiger partial charge >= 0.3 is 11.9 Å². The summed E-state index contributed by atoms with van der Waals surface area (Å²) >= 11 is 0. The molecule has 5 heteroatoms. The summed E-state index contributed by atoms with van der Waals surface area (Å²) in [6, 6.07) is 17.4. The Morgan fingerprint density at radius 1 is 1.00 bits per heavy atom. The van der Waals surface area contributed by atoms with Crippen LogP contribution in [0.15, 0.2) is 60.7 Å². The number of hydrogen-bond acceptors (Lipinski definition) is 4. The van der Waals surface area contributed by atoms with Crippen LogP contribution in [0.3, 0.4) is 0 Å². The van der Waals surface area contributed by atoms with E-state index < -0.39 is 11.9 Å². The number of esters is 1. The van der Waals surface area contributed by atoms with Gasteiger partial charge in [-0.15, -0.1) is 0 Å². The fourth-order valence-electron chi connectivity index (χ4n) is 3.25. The molecular formula is C24H22O5. The van der Waals surface area contributed by atoms with E-state index in [4.69, 9.17) is 14.6 Å². The fraction of sp³-hybridized carbons (Fsp3) is 0.167. The zero-order valence-corrected chi connectivity index (χ0v) is 16.3. The number of ether oxygens (including phenoxy) is 2. The highest BCUT2D eigenvalue weighted by Crippen LogP contribution is 2.28. The van der Waals surface area contributed by atoms with E-state index in [1.807, 2.05) is 36.4 Å². The minimum atomic E-state index is -0.856. The van der Waals surface area contributed by atoms with Crippen LogP contribution in [0.4, 0.5) is 0 Å². The Morgan fingerprint density at radius 2 is 1.83 bits per heavy atom. The molecule has 0 aromatic heterocycles. The predicted octanol–water partition coefficient (Wildman–Crippen LogP) is 4.71. The second-order valence-electron chi connectivity index (χ2n) is 6.59. The molecule has 0 unspecified atom stereocenters. The summed E-state index contributed by atoms with van der Waals surface area (Å²) in [6.45, 7) is 0. The van der Waals surface area contributed by atoms with E-state index in [0.29, 0.717) is 17.7 Å². The van der Waals surface area contributed by atoms with Gasteiger partial charge in [0.1, 0.15) is 5.75 Å². The Kier molecular flexibility index (Phi) is 6.29. The second-order valence-corrected chi connectivity index (χ2v) is 6.59. The molecule has 0 aliphatic heterocycles. The number of methoxy groups -OCH3 is 2. The van der Waals surface area contributed by atoms with E-state index in [2.05, 4.69) is 12.1 Å². The van der Waals surface area contributed by atoms with Crippen molar-refractivity contribution in [3.63, 3.8) is 0 Å². The summed E-state index contributed by atoms with van der Waals surface area (Å²) in [6.07, 6.45) is 4.07. The number of fused-ring (bicyclic) bond motifs is 1. The number of carbonyl (C=O) groups excluding carboxylic acids is 1. The maximum Gasteiger partial charge on any atom is 0.337 e. The van der Waals surface area contributed by atoms with Crippen LogP contribution >= 0.6 is 0 Å². The molecule has 0 saturated heterocycles. The molecule has 29 heavy (non-hydrogen) atoms. The number of carboxylic acid groups (broad SMARTS) is 1. The Labute approximate surface area is 169 Å². The lowest BCUT2D eigenvalue weighted by molar-refractivity contribution is -0.135. The fourth-order valence-corrected chi connectivity index (χ4v) is 3.25. The Bertz CT molecular complexity index is 1080. The third kappa shape index (κ3) is 4.82. The molecule has 3 aromatic carbocycles. The van der Waals surface area contributed by atoms with Crippen molar-refractivity contribution in [3.8, 4) is 5.75 Å². The normalized spacial score (nSPS) is 11.0. The molecule has 3 rings (SSSR count). The van der Waals surface area contributed by atoms with Gasteiger partial charge in [-0.2, -0.15) is 0 Å². The maximum absolute atomic E-state index is 11.8. The van der Waals surface area contributed by atoms with Crippen molar-refractivity contribution < 1.29 is 24.2 Å². The van der Waals surface area contributed by atoms with Gasteiger partial charge in [-0.1, -0.05) is 48.6 Å². The predicted molar refractivity (Wildman–Crippen MR) is 112 cm³/mol. The van der Waals surface area contributed by atoms with E-state index in [1.165, 1.54) is 7.11 Å². The van der Waals surface area contributed by atoms with E-state index >= 15 is 0 Å². The standard InChI is InChI=1S/C24H22O5/c1-28-22-15-20(24(27)29-2)12-11-19(22)14-18-7-4-6-17-10-9-16(13-21(17)18)5-3-8-23(25)26/h3-7,9-13,15H,8,14H2,1-2H3,(H,25,26)/b5-3+. The molecule has 0 amide bonds. The summed E-state index contributed by atoms with van der Waals surface area (Å²) in [5.41, 5.74) is 3.45. The van der Waals surface area contributed by atoms with Crippen LogP contribution in [0.5, 0.6) is 5.75 Å². The van der Waals surface area contributed by atoms with Gasteiger partial charge in [-0.3, -0.25) is 4.79 Å². The van der Waals surface area contributed by atoms with Crippen molar-refractivity contribution in [2.24, 2.45) is 0 Å². The number of hydrogen-bond donors (Lipinski definition) is 1. The van der Waals surface area contributed by atoms with Crippen molar-refractivity contribution in [2.45, 2.75) is 12.8 Å². The highest BCUT2D eigenvalue weighted by Gasteiger charge is 2.12. The topological polar surface area (TPSA) is 72.8 Å². The quantitative estimate of drug-likeness (QED) is 0.591. The molecule has 0 bridgehead atoms. The summed E-state index contributed by atoms with van der Waals surface area (Å²) < 4.78 is 10.3. The number of benzene rings is 3. The van der Waals surface area contributed by atoms with Gasteiger partial charge in [0.25, 0.3) is 0 Å². The highest BCUT2D eigenvalue weighted by atomic mass is 16.5. The zero-order valence-electron chi connectivity index (χ0n) is 16.3. The minimum absolute atomic E-state index is 0.0105. The van der Waals surface area contributed by atoms with Gasteiger partial charge in [0, 0.05) is 6.42 Å². The van der Waals surface area contributed by atoms with E-state index in [0.717, 1.165) is 27.5 Å². The summed E-state index contributed by atoms with van der Waals surface area (Å²) in [4.78, 5) is 22.5. The molecule has 0 spiro atoms. The number of rotatable bonds is 7. The molecule has 5 nitrogen and oxygen atoms in total. The van der Waals surface area contributed by atoms with Crippen LogP contribution in [-0.2, 0) is 16.0 Å². The van der Waals surface area contributed by atoms with Crippen LogP contribution in [0, 0.1) is 0 Å². The van der Waals surface area contributed by atoms with Crippen molar-refractivity contribution in [1.82, 2.24) is 0 Å². The van der Waals surface area contributed by atoms with Crippen molar-refractivity contribution in [2.75, 3.05) is 14.2 Å². The third-order valence-corrected chi connectivity index (χ3v) is 4.69. The largest absolute Gasteiger partial charge is 0.496 e. The Balaban J connectivity index is 1.96. The molecule has 0 aliphatic rings. The molecule has 0 radical (unpaired) electrons. The average Bonchev–Trinajstić information content (AvgIpc) is 2.73. The van der Waals surface area contributed by atoms with E-state index in [1.54, 1.807) is 25.3 Å². The van der Waals surface area contributed by atoms with Gasteiger partial charge in [0.15, 0.2) is 0 Å². The van der Waals surface area contributed by atoms with Gasteiger partial charge in [0.05, 0.1) is 26.2 Å². The van der Waals surface area contributed by atoms with Crippen molar-refractivity contribution >= 4 is 28.8 Å². The number of aliphatic carboxylic acids is 1. The van der Waals surface area contributed by atoms with Crippen LogP contribution in [-0.4, -0.2) is 31.3 Å².